The summed E-state index contributed by atoms with van der Waals surface area (Å²) in [5.74, 6) is 0.883. The second kappa shape index (κ2) is 8.84. The van der Waals surface area contributed by atoms with Crippen LogP contribution in [0.3, 0.4) is 0 Å². The van der Waals surface area contributed by atoms with Crippen molar-refractivity contribution in [1.29, 1.82) is 10.8 Å². The zero-order valence-corrected chi connectivity index (χ0v) is 20.0. The van der Waals surface area contributed by atoms with Crippen molar-refractivity contribution in [3.63, 3.8) is 0 Å². The molecule has 180 valence electrons. The van der Waals surface area contributed by atoms with E-state index in [4.69, 9.17) is 27.0 Å². The van der Waals surface area contributed by atoms with Crippen LogP contribution in [-0.2, 0) is 6.61 Å². The molecule has 6 heteroatoms. The zero-order valence-electron chi connectivity index (χ0n) is 20.0. The molecule has 6 aromatic rings. The molecular formula is C31H25N5O. The highest BCUT2D eigenvalue weighted by Gasteiger charge is 2.13. The molecule has 5 aromatic carbocycles. The lowest BCUT2D eigenvalue weighted by atomic mass is 10.0. The minimum Gasteiger partial charge on any atom is -0.489 e. The number of nitrogens with one attached hydrogen (secondary N) is 2. The molecule has 6 N–H and O–H groups in total. The van der Waals surface area contributed by atoms with Crippen LogP contribution < -0.4 is 16.2 Å². The van der Waals surface area contributed by atoms with E-state index >= 15 is 0 Å². The summed E-state index contributed by atoms with van der Waals surface area (Å²) in [4.78, 5) is 0. The number of para-hydroxylation sites is 1. The van der Waals surface area contributed by atoms with Crippen LogP contribution in [0, 0.1) is 10.8 Å². The van der Waals surface area contributed by atoms with Crippen LogP contribution >= 0.6 is 0 Å². The molecule has 0 fully saturated rings. The summed E-state index contributed by atoms with van der Waals surface area (Å²) in [5, 5.41) is 19.8. The predicted molar refractivity (Wildman–Crippen MR) is 151 cm³/mol. The Morgan fingerprint density at radius 2 is 1.35 bits per heavy atom. The van der Waals surface area contributed by atoms with Gasteiger partial charge < -0.3 is 20.8 Å². The van der Waals surface area contributed by atoms with Crippen molar-refractivity contribution in [2.75, 3.05) is 0 Å². The Balaban J connectivity index is 1.37. The van der Waals surface area contributed by atoms with Gasteiger partial charge in [0.2, 0.25) is 0 Å². The fourth-order valence-electron chi connectivity index (χ4n) is 4.83. The molecule has 37 heavy (non-hydrogen) atoms. The van der Waals surface area contributed by atoms with Crippen LogP contribution in [0.1, 0.15) is 16.7 Å². The Morgan fingerprint density at radius 1 is 0.649 bits per heavy atom. The topological polar surface area (TPSA) is 114 Å². The normalized spacial score (nSPS) is 11.2. The van der Waals surface area contributed by atoms with Gasteiger partial charge in [-0.2, -0.15) is 0 Å². The number of benzene rings is 5. The molecule has 0 aliphatic carbocycles. The predicted octanol–water partition coefficient (Wildman–Crippen LogP) is 6.08. The van der Waals surface area contributed by atoms with Crippen LogP contribution in [0.25, 0.3) is 38.3 Å². The fourth-order valence-corrected chi connectivity index (χ4v) is 4.83. The van der Waals surface area contributed by atoms with Gasteiger partial charge in [-0.15, -0.1) is 0 Å². The first-order chi connectivity index (χ1) is 18.0. The number of nitrogens with zero attached hydrogens (tertiary/aromatic N) is 1. The summed E-state index contributed by atoms with van der Waals surface area (Å²) >= 11 is 0. The molecule has 0 aliphatic rings. The van der Waals surface area contributed by atoms with E-state index < -0.39 is 0 Å². The molecular weight excluding hydrogens is 458 g/mol. The van der Waals surface area contributed by atoms with Crippen LogP contribution in [-0.4, -0.2) is 16.2 Å². The third-order valence-corrected chi connectivity index (χ3v) is 6.70. The third kappa shape index (κ3) is 4.04. The highest BCUT2D eigenvalue weighted by Crippen LogP contribution is 2.34. The second-order valence-corrected chi connectivity index (χ2v) is 9.09. The average Bonchev–Trinajstić information content (AvgIpc) is 3.25. The summed E-state index contributed by atoms with van der Waals surface area (Å²) in [6.07, 6.45) is 0. The lowest BCUT2D eigenvalue weighted by Gasteiger charge is -2.11. The number of nitrogens with two attached hydrogens (primary N) is 2. The number of amidine groups is 2. The Labute approximate surface area is 213 Å². The highest BCUT2D eigenvalue weighted by molar-refractivity contribution is 6.09. The Bertz CT molecular complexity index is 1830. The van der Waals surface area contributed by atoms with Gasteiger partial charge in [0, 0.05) is 33.7 Å². The van der Waals surface area contributed by atoms with Gasteiger partial charge in [0.05, 0.1) is 11.0 Å². The monoisotopic (exact) mass is 483 g/mol. The maximum Gasteiger partial charge on any atom is 0.122 e. The van der Waals surface area contributed by atoms with Crippen LogP contribution in [0.4, 0.5) is 0 Å². The first-order valence-electron chi connectivity index (χ1n) is 12.0. The van der Waals surface area contributed by atoms with E-state index in [1.54, 1.807) is 0 Å². The molecule has 1 aromatic heterocycles. The molecule has 0 saturated carbocycles. The van der Waals surface area contributed by atoms with Crippen LogP contribution in [0.15, 0.2) is 103 Å². The van der Waals surface area contributed by atoms with Gasteiger partial charge in [-0.05, 0) is 70.9 Å². The van der Waals surface area contributed by atoms with Gasteiger partial charge in [0.15, 0.2) is 0 Å². The highest BCUT2D eigenvalue weighted by atomic mass is 16.5. The molecule has 0 spiro atoms. The number of nitrogen functional groups attached to an aromatic ring is 2. The van der Waals surface area contributed by atoms with Gasteiger partial charge in [-0.25, -0.2) is 0 Å². The SMILES string of the molecule is N=C(N)c1ccc(-n2c3ccccc3c3ccc(OCc4ccc5ccc(C(=N)N)cc5c4)cc32)cc1. The second-order valence-electron chi connectivity index (χ2n) is 9.09. The van der Waals surface area contributed by atoms with Gasteiger partial charge in [0.25, 0.3) is 0 Å². The molecule has 0 amide bonds. The molecule has 0 unspecified atom stereocenters. The Morgan fingerprint density at radius 3 is 2.14 bits per heavy atom. The van der Waals surface area contributed by atoms with Gasteiger partial charge in [-0.3, -0.25) is 10.8 Å². The lowest BCUT2D eigenvalue weighted by molar-refractivity contribution is 0.307. The fraction of sp³-hybridized carbons (Fsp3) is 0.0323. The Hall–Kier alpha value is -5.10. The molecule has 0 bridgehead atoms. The summed E-state index contributed by atoms with van der Waals surface area (Å²) in [6, 6.07) is 34.2. The minimum absolute atomic E-state index is 0.0515. The van der Waals surface area contributed by atoms with E-state index in [0.29, 0.717) is 17.7 Å². The quantitative estimate of drug-likeness (QED) is 0.170. The minimum atomic E-state index is 0.0515. The standard InChI is InChI=1S/C31H25N5O/c32-30(33)21-9-11-24(12-10-21)36-28-4-2-1-3-26(28)27-14-13-25(17-29(27)36)37-18-19-5-6-20-7-8-22(31(34)35)16-23(20)15-19/h1-17H,18H2,(H3,32,33)(H3,34,35). The largest absolute Gasteiger partial charge is 0.489 e. The molecule has 6 rings (SSSR count). The van der Waals surface area contributed by atoms with E-state index in [2.05, 4.69) is 47.0 Å². The molecule has 0 atom stereocenters. The van der Waals surface area contributed by atoms with Crippen molar-refractivity contribution >= 4 is 44.2 Å². The smallest absolute Gasteiger partial charge is 0.122 e. The van der Waals surface area contributed by atoms with Crippen LogP contribution in [0.2, 0.25) is 0 Å². The number of hydrogen-bond donors (Lipinski definition) is 4. The van der Waals surface area contributed by atoms with E-state index in [1.807, 2.05) is 60.7 Å². The maximum atomic E-state index is 7.71. The maximum absolute atomic E-state index is 7.71. The third-order valence-electron chi connectivity index (χ3n) is 6.70. The molecule has 1 heterocycles. The van der Waals surface area contributed by atoms with E-state index in [1.165, 1.54) is 0 Å². The summed E-state index contributed by atoms with van der Waals surface area (Å²) in [7, 11) is 0. The van der Waals surface area contributed by atoms with Crippen molar-refractivity contribution in [2.45, 2.75) is 6.61 Å². The van der Waals surface area contributed by atoms with Crippen molar-refractivity contribution in [3.8, 4) is 11.4 Å². The van der Waals surface area contributed by atoms with Crippen molar-refractivity contribution in [1.82, 2.24) is 4.57 Å². The molecule has 0 saturated heterocycles. The number of hydrogen-bond acceptors (Lipinski definition) is 3. The Kier molecular flexibility index (Phi) is 5.34. The molecule has 6 nitrogen and oxygen atoms in total. The summed E-state index contributed by atoms with van der Waals surface area (Å²) in [5.41, 5.74) is 16.9. The average molecular weight is 484 g/mol. The first-order valence-corrected chi connectivity index (χ1v) is 12.0. The molecule has 0 aliphatic heterocycles. The van der Waals surface area contributed by atoms with E-state index in [-0.39, 0.29) is 11.7 Å². The number of rotatable bonds is 6. The number of ether oxygens (including phenoxy) is 1. The van der Waals surface area contributed by atoms with E-state index in [9.17, 15) is 0 Å². The number of fused-ring (bicyclic) bond motifs is 4. The van der Waals surface area contributed by atoms with Gasteiger partial charge in [0.1, 0.15) is 24.0 Å². The van der Waals surface area contributed by atoms with Gasteiger partial charge >= 0.3 is 0 Å². The van der Waals surface area contributed by atoms with Crippen molar-refractivity contribution in [2.24, 2.45) is 11.5 Å². The summed E-state index contributed by atoms with van der Waals surface area (Å²) < 4.78 is 8.45. The summed E-state index contributed by atoms with van der Waals surface area (Å²) in [6.45, 7) is 0.416. The van der Waals surface area contributed by atoms with Gasteiger partial charge in [-0.1, -0.05) is 42.5 Å². The zero-order chi connectivity index (χ0) is 25.5. The van der Waals surface area contributed by atoms with Crippen molar-refractivity contribution < 1.29 is 4.74 Å². The lowest BCUT2D eigenvalue weighted by Crippen LogP contribution is -2.10. The first kappa shape index (κ1) is 22.4. The van der Waals surface area contributed by atoms with Crippen LogP contribution in [0.5, 0.6) is 5.75 Å². The molecule has 0 radical (unpaired) electrons. The number of aromatic nitrogens is 1. The van der Waals surface area contributed by atoms with E-state index in [0.717, 1.165) is 49.6 Å². The van der Waals surface area contributed by atoms with Crippen molar-refractivity contribution in [3.05, 3.63) is 120 Å².